The van der Waals surface area contributed by atoms with Crippen molar-refractivity contribution in [1.29, 1.82) is 0 Å². The van der Waals surface area contributed by atoms with E-state index in [4.69, 9.17) is 5.10 Å². The quantitative estimate of drug-likeness (QED) is 0.178. The molecular formula is C54H34N2. The fourth-order valence-electron chi connectivity index (χ4n) is 10.0. The molecule has 0 bridgehead atoms. The van der Waals surface area contributed by atoms with Crippen molar-refractivity contribution in [3.63, 3.8) is 0 Å². The van der Waals surface area contributed by atoms with Gasteiger partial charge in [-0.3, -0.25) is 0 Å². The van der Waals surface area contributed by atoms with Gasteiger partial charge in [0.1, 0.15) is 0 Å². The third-order valence-corrected chi connectivity index (χ3v) is 12.3. The molecule has 12 rings (SSSR count). The van der Waals surface area contributed by atoms with Crippen molar-refractivity contribution in [3.8, 4) is 66.9 Å². The van der Waals surface area contributed by atoms with E-state index in [1.54, 1.807) is 0 Å². The molecule has 0 N–H and O–H groups in total. The second-order valence-corrected chi connectivity index (χ2v) is 15.0. The van der Waals surface area contributed by atoms with E-state index >= 15 is 0 Å². The summed E-state index contributed by atoms with van der Waals surface area (Å²) >= 11 is 0. The van der Waals surface area contributed by atoms with E-state index in [-0.39, 0.29) is 5.41 Å². The van der Waals surface area contributed by atoms with Gasteiger partial charge in [0.2, 0.25) is 0 Å². The van der Waals surface area contributed by atoms with Crippen LogP contribution < -0.4 is 0 Å². The van der Waals surface area contributed by atoms with Crippen LogP contribution in [0.3, 0.4) is 0 Å². The second-order valence-electron chi connectivity index (χ2n) is 15.0. The maximum absolute atomic E-state index is 5.10. The topological polar surface area (TPSA) is 17.3 Å². The summed E-state index contributed by atoms with van der Waals surface area (Å²) in [4.78, 5) is 0. The second kappa shape index (κ2) is 11.9. The van der Waals surface area contributed by atoms with Gasteiger partial charge in [0.15, 0.2) is 0 Å². The zero-order valence-corrected chi connectivity index (χ0v) is 30.5. The first kappa shape index (κ1) is 31.1. The van der Waals surface area contributed by atoms with Crippen molar-refractivity contribution in [1.82, 2.24) is 9.61 Å². The monoisotopic (exact) mass is 710 g/mol. The molecule has 0 amide bonds. The molecule has 0 fully saturated rings. The van der Waals surface area contributed by atoms with Crippen LogP contribution in [0.5, 0.6) is 0 Å². The van der Waals surface area contributed by atoms with E-state index in [0.29, 0.717) is 0 Å². The highest BCUT2D eigenvalue weighted by molar-refractivity contribution is 6.13. The lowest BCUT2D eigenvalue weighted by atomic mass is 9.70. The predicted octanol–water partition coefficient (Wildman–Crippen LogP) is 13.5. The Morgan fingerprint density at radius 1 is 0.339 bits per heavy atom. The normalized spacial score (nSPS) is 13.1. The first-order valence-corrected chi connectivity index (χ1v) is 19.4. The van der Waals surface area contributed by atoms with Crippen LogP contribution in [0.1, 0.15) is 22.3 Å². The summed E-state index contributed by atoms with van der Waals surface area (Å²) in [7, 11) is 0. The maximum atomic E-state index is 5.10. The van der Waals surface area contributed by atoms with Gasteiger partial charge in [0, 0.05) is 22.1 Å². The number of fused-ring (bicyclic) bond motifs is 13. The molecule has 2 aliphatic rings. The summed E-state index contributed by atoms with van der Waals surface area (Å²) in [6, 6.07) is 73.4. The number of hydrogen-bond acceptors (Lipinski definition) is 1. The van der Waals surface area contributed by atoms with E-state index in [0.717, 1.165) is 33.5 Å². The molecule has 2 heteroatoms. The Labute approximate surface area is 325 Å². The van der Waals surface area contributed by atoms with Crippen molar-refractivity contribution in [3.05, 3.63) is 229 Å². The molecule has 2 heterocycles. The van der Waals surface area contributed by atoms with Crippen molar-refractivity contribution < 1.29 is 0 Å². The average molecular weight is 711 g/mol. The molecule has 2 aromatic heterocycles. The predicted molar refractivity (Wildman–Crippen MR) is 231 cm³/mol. The first-order valence-electron chi connectivity index (χ1n) is 19.4. The standard InChI is InChI=1S/C54H34N2/c1-3-15-36(16-4-1)46-34-55-56-52(38-17-5-2-6-18-38)51(43-22-7-8-23-44(43)53(46)56)37-29-27-35(28-30-37)39-31-32-50-45(33-39)42-21-11-14-26-49(42)54(50)47-24-12-9-19-40(47)41-20-10-13-25-48(41)54/h1-34H. The van der Waals surface area contributed by atoms with Gasteiger partial charge in [0.05, 0.1) is 22.8 Å². The van der Waals surface area contributed by atoms with Crippen LogP contribution in [0.4, 0.5) is 0 Å². The summed E-state index contributed by atoms with van der Waals surface area (Å²) in [5.74, 6) is 0. The SMILES string of the molecule is c1ccc(-c2cnn3c(-c4ccccc4)c(-c4ccc(-c5ccc6c(c5)-c5ccccc5C65c6ccccc6-c6ccccc65)cc4)c4ccccc4c23)cc1. The largest absolute Gasteiger partial charge is 0.231 e. The number of hydrogen-bond donors (Lipinski definition) is 0. The first-order chi connectivity index (χ1) is 27.8. The van der Waals surface area contributed by atoms with Gasteiger partial charge in [-0.15, -0.1) is 0 Å². The molecule has 8 aromatic carbocycles. The summed E-state index contributed by atoms with van der Waals surface area (Å²) in [5.41, 5.74) is 20.8. The third-order valence-electron chi connectivity index (χ3n) is 12.3. The van der Waals surface area contributed by atoms with Gasteiger partial charge < -0.3 is 0 Å². The summed E-state index contributed by atoms with van der Waals surface area (Å²) < 4.78 is 2.16. The maximum Gasteiger partial charge on any atom is 0.0826 e. The molecule has 0 unspecified atom stereocenters. The lowest BCUT2D eigenvalue weighted by molar-refractivity contribution is 0.794. The van der Waals surface area contributed by atoms with Crippen LogP contribution in [-0.4, -0.2) is 9.61 Å². The molecule has 56 heavy (non-hydrogen) atoms. The molecule has 2 aliphatic carbocycles. The van der Waals surface area contributed by atoms with Gasteiger partial charge in [-0.05, 0) is 78.2 Å². The number of rotatable bonds is 4. The highest BCUT2D eigenvalue weighted by atomic mass is 15.2. The van der Waals surface area contributed by atoms with Gasteiger partial charge in [-0.2, -0.15) is 5.10 Å². The fourth-order valence-corrected chi connectivity index (χ4v) is 10.0. The van der Waals surface area contributed by atoms with E-state index in [2.05, 4.69) is 205 Å². The van der Waals surface area contributed by atoms with Crippen LogP contribution in [0, 0.1) is 0 Å². The van der Waals surface area contributed by atoms with Crippen molar-refractivity contribution in [2.75, 3.05) is 0 Å². The van der Waals surface area contributed by atoms with Crippen molar-refractivity contribution in [2.24, 2.45) is 0 Å². The molecule has 2 nitrogen and oxygen atoms in total. The molecule has 0 radical (unpaired) electrons. The van der Waals surface area contributed by atoms with Gasteiger partial charge >= 0.3 is 0 Å². The lowest BCUT2D eigenvalue weighted by Gasteiger charge is -2.30. The Kier molecular flexibility index (Phi) is 6.58. The molecule has 10 aromatic rings. The van der Waals surface area contributed by atoms with Crippen LogP contribution in [-0.2, 0) is 5.41 Å². The van der Waals surface area contributed by atoms with E-state index in [1.807, 2.05) is 6.20 Å². The minimum atomic E-state index is -0.331. The number of nitrogens with zero attached hydrogens (tertiary/aromatic N) is 2. The minimum absolute atomic E-state index is 0.331. The van der Waals surface area contributed by atoms with Gasteiger partial charge in [-0.1, -0.05) is 194 Å². The molecule has 1 spiro atoms. The average Bonchev–Trinajstić information content (AvgIpc) is 3.94. The van der Waals surface area contributed by atoms with Crippen LogP contribution in [0.25, 0.3) is 83.2 Å². The van der Waals surface area contributed by atoms with E-state index in [1.165, 1.54) is 72.0 Å². The molecule has 260 valence electrons. The highest BCUT2D eigenvalue weighted by Gasteiger charge is 2.51. The fraction of sp³-hybridized carbons (Fsp3) is 0.0185. The van der Waals surface area contributed by atoms with Gasteiger partial charge in [-0.25, -0.2) is 4.52 Å². The zero-order valence-electron chi connectivity index (χ0n) is 30.5. The van der Waals surface area contributed by atoms with Crippen molar-refractivity contribution in [2.45, 2.75) is 5.41 Å². The Morgan fingerprint density at radius 2 is 0.821 bits per heavy atom. The van der Waals surface area contributed by atoms with Crippen LogP contribution >= 0.6 is 0 Å². The molecule has 0 saturated heterocycles. The summed E-state index contributed by atoms with van der Waals surface area (Å²) in [6.07, 6.45) is 2.02. The number of benzene rings is 8. The molecule has 0 aliphatic heterocycles. The van der Waals surface area contributed by atoms with E-state index < -0.39 is 0 Å². The van der Waals surface area contributed by atoms with E-state index in [9.17, 15) is 0 Å². The number of pyridine rings is 1. The van der Waals surface area contributed by atoms with Crippen LogP contribution in [0.15, 0.2) is 206 Å². The lowest BCUT2D eigenvalue weighted by Crippen LogP contribution is -2.25. The van der Waals surface area contributed by atoms with Crippen molar-refractivity contribution >= 4 is 16.3 Å². The highest BCUT2D eigenvalue weighted by Crippen LogP contribution is 2.63. The third kappa shape index (κ3) is 4.19. The number of aromatic nitrogens is 2. The van der Waals surface area contributed by atoms with Crippen LogP contribution in [0.2, 0.25) is 0 Å². The summed E-state index contributed by atoms with van der Waals surface area (Å²) in [5, 5.41) is 7.49. The van der Waals surface area contributed by atoms with Gasteiger partial charge in [0.25, 0.3) is 0 Å². The Hall–Kier alpha value is -7.29. The minimum Gasteiger partial charge on any atom is -0.231 e. The Bertz CT molecular complexity index is 3130. The Balaban J connectivity index is 1.03. The molecule has 0 saturated carbocycles. The molecular weight excluding hydrogens is 677 g/mol. The smallest absolute Gasteiger partial charge is 0.0826 e. The zero-order chi connectivity index (χ0) is 36.8. The summed E-state index contributed by atoms with van der Waals surface area (Å²) in [6.45, 7) is 0. The molecule has 0 atom stereocenters. The Morgan fingerprint density at radius 3 is 1.46 bits per heavy atom.